The molecule has 7 rings (SSSR count). The van der Waals surface area contributed by atoms with Crippen LogP contribution >= 0.6 is 0 Å². The second-order valence-electron chi connectivity index (χ2n) is 18.1. The number of anilines is 1. The van der Waals surface area contributed by atoms with Gasteiger partial charge in [-0.1, -0.05) is 90.8 Å². The molecule has 5 aromatic rings. The van der Waals surface area contributed by atoms with Crippen molar-refractivity contribution in [2.45, 2.75) is 90.3 Å². The van der Waals surface area contributed by atoms with Crippen LogP contribution in [0.3, 0.4) is 0 Å². The van der Waals surface area contributed by atoms with Gasteiger partial charge in [-0.05, 0) is 45.8 Å². The SMILES string of the molecule is COCOc1cc(-c2ncc3c(N(C)[C@H]4C[C@@H]4F)nc(OC[C@H](C)CN4CCN(Cc5ccccc5)CC4)nc3c2F)c2c(C#C[Si](C(C)C)(C(C)C)C(C)C)c(F)ccc2c1. The number of piperazine rings is 1. The number of halogens is 3. The number of rotatable bonds is 16. The first-order chi connectivity index (χ1) is 29.7. The van der Waals surface area contributed by atoms with Gasteiger partial charge in [-0.2, -0.15) is 9.97 Å². The first-order valence-electron chi connectivity index (χ1n) is 22.0. The van der Waals surface area contributed by atoms with E-state index in [1.807, 2.05) is 6.07 Å². The molecule has 62 heavy (non-hydrogen) atoms. The number of methoxy groups -OCH3 is 1. The molecule has 330 valence electrons. The predicted molar refractivity (Wildman–Crippen MR) is 245 cm³/mol. The van der Waals surface area contributed by atoms with E-state index in [9.17, 15) is 4.39 Å². The Labute approximate surface area is 366 Å². The summed E-state index contributed by atoms with van der Waals surface area (Å²) in [5, 5.41) is 1.33. The highest BCUT2D eigenvalue weighted by molar-refractivity contribution is 6.90. The molecule has 0 N–H and O–H groups in total. The van der Waals surface area contributed by atoms with Gasteiger partial charge in [0.15, 0.2) is 12.6 Å². The maximum absolute atomic E-state index is 17.5. The lowest BCUT2D eigenvalue weighted by molar-refractivity contribution is 0.0512. The Balaban J connectivity index is 1.25. The highest BCUT2D eigenvalue weighted by atomic mass is 28.3. The lowest BCUT2D eigenvalue weighted by Gasteiger charge is -2.38. The zero-order valence-corrected chi connectivity index (χ0v) is 38.6. The third-order valence-corrected chi connectivity index (χ3v) is 19.1. The van der Waals surface area contributed by atoms with Gasteiger partial charge in [0.05, 0.1) is 23.6 Å². The summed E-state index contributed by atoms with van der Waals surface area (Å²) in [5.41, 5.74) is 6.30. The van der Waals surface area contributed by atoms with Crippen LogP contribution in [0.2, 0.25) is 16.6 Å². The Bertz CT molecular complexity index is 2400. The van der Waals surface area contributed by atoms with Gasteiger partial charge in [0.25, 0.3) is 0 Å². The monoisotopic (exact) mass is 866 g/mol. The van der Waals surface area contributed by atoms with Crippen LogP contribution in [-0.2, 0) is 11.3 Å². The fourth-order valence-corrected chi connectivity index (χ4v) is 14.7. The zero-order chi connectivity index (χ0) is 44.3. The maximum Gasteiger partial charge on any atom is 0.319 e. The summed E-state index contributed by atoms with van der Waals surface area (Å²) in [6.07, 6.45) is 0.817. The van der Waals surface area contributed by atoms with E-state index < -0.39 is 31.9 Å². The molecule has 1 saturated carbocycles. The van der Waals surface area contributed by atoms with E-state index in [-0.39, 0.29) is 35.5 Å². The molecule has 0 radical (unpaired) electrons. The summed E-state index contributed by atoms with van der Waals surface area (Å²) >= 11 is 0. The highest BCUT2D eigenvalue weighted by Gasteiger charge is 2.43. The van der Waals surface area contributed by atoms with Gasteiger partial charge in [-0.25, -0.2) is 13.2 Å². The van der Waals surface area contributed by atoms with Gasteiger partial charge < -0.3 is 24.0 Å². The summed E-state index contributed by atoms with van der Waals surface area (Å²) in [5.74, 6) is 2.90. The van der Waals surface area contributed by atoms with E-state index in [0.717, 1.165) is 39.3 Å². The lowest BCUT2D eigenvalue weighted by atomic mass is 9.95. The minimum Gasteiger partial charge on any atom is -0.468 e. The van der Waals surface area contributed by atoms with Crippen LogP contribution in [0.5, 0.6) is 11.8 Å². The standard InChI is InChI=1S/C49H61F3N6O3Si/c1-31(2)62(32(3)4,33(5)6)22-17-38-41(50)16-15-36-23-37(61-30-59-9)24-39(44(36)38)46-45(52)47-40(26-53-46)48(56(8)43-25-42(43)51)55-49(54-47)60-29-34(7)27-57-18-20-58(21-19-57)28-35-13-11-10-12-14-35/h10-16,23-24,26,31-34,42-43H,18-21,25,27-30H2,1-9H3/t34-,42+,43+/m1/s1. The molecule has 3 atom stereocenters. The molecule has 2 aliphatic rings. The van der Waals surface area contributed by atoms with E-state index in [0.29, 0.717) is 62.9 Å². The second-order valence-corrected chi connectivity index (χ2v) is 23.7. The summed E-state index contributed by atoms with van der Waals surface area (Å²) < 4.78 is 65.6. The van der Waals surface area contributed by atoms with Crippen LogP contribution in [0.4, 0.5) is 19.0 Å². The molecule has 0 amide bonds. The Morgan fingerprint density at radius 1 is 0.887 bits per heavy atom. The molecule has 9 nitrogen and oxygen atoms in total. The average Bonchev–Trinajstić information content (AvgIpc) is 3.99. The number of pyridine rings is 1. The van der Waals surface area contributed by atoms with Gasteiger partial charge in [-0.3, -0.25) is 9.88 Å². The molecule has 3 aromatic carbocycles. The van der Waals surface area contributed by atoms with Gasteiger partial charge in [0, 0.05) is 82.9 Å². The topological polar surface area (TPSA) is 76.1 Å². The van der Waals surface area contributed by atoms with Crippen molar-refractivity contribution >= 4 is 35.6 Å². The number of hydrogen-bond acceptors (Lipinski definition) is 9. The van der Waals surface area contributed by atoms with Crippen LogP contribution in [0.1, 0.15) is 66.0 Å². The third kappa shape index (κ3) is 9.59. The quantitative estimate of drug-likeness (QED) is 0.0548. The van der Waals surface area contributed by atoms with E-state index in [2.05, 4.69) is 104 Å². The maximum atomic E-state index is 17.5. The van der Waals surface area contributed by atoms with Crippen molar-refractivity contribution in [2.24, 2.45) is 5.92 Å². The van der Waals surface area contributed by atoms with Crippen molar-refractivity contribution in [1.82, 2.24) is 24.8 Å². The minimum atomic E-state index is -2.30. The van der Waals surface area contributed by atoms with Crippen molar-refractivity contribution in [3.63, 3.8) is 0 Å². The van der Waals surface area contributed by atoms with E-state index in [1.165, 1.54) is 24.9 Å². The van der Waals surface area contributed by atoms with Gasteiger partial charge in [-0.15, -0.1) is 5.54 Å². The van der Waals surface area contributed by atoms with Crippen LogP contribution < -0.4 is 14.4 Å². The summed E-state index contributed by atoms with van der Waals surface area (Å²) in [4.78, 5) is 20.7. The minimum absolute atomic E-state index is 0.0111. The molecular weight excluding hydrogens is 806 g/mol. The number of benzene rings is 3. The fraction of sp³-hybridized carbons (Fsp3) is 0.490. The molecule has 2 aromatic heterocycles. The molecule has 1 aliphatic carbocycles. The fourth-order valence-electron chi connectivity index (χ4n) is 9.47. The molecule has 13 heteroatoms. The number of nitrogens with zero attached hydrogens (tertiary/aromatic N) is 6. The summed E-state index contributed by atoms with van der Waals surface area (Å²) in [7, 11) is 0.961. The largest absolute Gasteiger partial charge is 0.468 e. The Hall–Kier alpha value is -4.74. The molecule has 0 spiro atoms. The molecular formula is C49H61F3N6O3Si. The van der Waals surface area contributed by atoms with Gasteiger partial charge >= 0.3 is 6.01 Å². The van der Waals surface area contributed by atoms with Crippen LogP contribution in [0.25, 0.3) is 32.9 Å². The van der Waals surface area contributed by atoms with Crippen LogP contribution in [0.15, 0.2) is 60.8 Å². The van der Waals surface area contributed by atoms with Crippen molar-refractivity contribution in [1.29, 1.82) is 0 Å². The lowest BCUT2D eigenvalue weighted by Crippen LogP contribution is -2.47. The van der Waals surface area contributed by atoms with E-state index in [4.69, 9.17) is 19.2 Å². The normalized spacial score (nSPS) is 17.8. The molecule has 0 bridgehead atoms. The van der Waals surface area contributed by atoms with Crippen LogP contribution in [-0.4, -0.2) is 105 Å². The van der Waals surface area contributed by atoms with Crippen LogP contribution in [0, 0.1) is 29.0 Å². The van der Waals surface area contributed by atoms with E-state index in [1.54, 1.807) is 30.1 Å². The third-order valence-electron chi connectivity index (χ3n) is 12.8. The van der Waals surface area contributed by atoms with Gasteiger partial charge in [0.2, 0.25) is 0 Å². The number of hydrogen-bond donors (Lipinski definition) is 0. The van der Waals surface area contributed by atoms with Crippen molar-refractivity contribution in [3.05, 3.63) is 83.6 Å². The number of alkyl halides is 1. The molecule has 1 saturated heterocycles. The Kier molecular flexibility index (Phi) is 14.1. The number of aromatic nitrogens is 3. The van der Waals surface area contributed by atoms with E-state index >= 15 is 8.78 Å². The molecule has 3 heterocycles. The summed E-state index contributed by atoms with van der Waals surface area (Å²) in [6.45, 7) is 21.2. The smallest absolute Gasteiger partial charge is 0.319 e. The molecule has 0 unspecified atom stereocenters. The number of fused-ring (bicyclic) bond motifs is 2. The second kappa shape index (κ2) is 19.3. The Morgan fingerprint density at radius 3 is 2.21 bits per heavy atom. The zero-order valence-electron chi connectivity index (χ0n) is 37.6. The highest BCUT2D eigenvalue weighted by Crippen LogP contribution is 2.43. The van der Waals surface area contributed by atoms with Gasteiger partial charge in [0.1, 0.15) is 42.8 Å². The van der Waals surface area contributed by atoms with Crippen molar-refractivity contribution in [3.8, 4) is 34.5 Å². The first-order valence-corrected chi connectivity index (χ1v) is 24.2. The average molecular weight is 867 g/mol. The summed E-state index contributed by atoms with van der Waals surface area (Å²) in [6, 6.07) is 16.6. The molecule has 1 aliphatic heterocycles. The molecule has 2 fully saturated rings. The predicted octanol–water partition coefficient (Wildman–Crippen LogP) is 10.1. The van der Waals surface area contributed by atoms with Crippen molar-refractivity contribution < 1.29 is 27.4 Å². The number of ether oxygens (including phenoxy) is 3. The first kappa shape index (κ1) is 45.3. The Morgan fingerprint density at radius 2 is 1.56 bits per heavy atom. The van der Waals surface area contributed by atoms with Crippen molar-refractivity contribution in [2.75, 3.05) is 65.2 Å².